The highest BCUT2D eigenvalue weighted by Crippen LogP contribution is 2.30. The standard InChI is InChI=1S/C17H23N3O4/c1-10-13(11(2)24-20-10)9-19-17(21)8-14(18)12-5-6-15(22-3)16(7-12)23-4/h5-7,14H,8-9,18H2,1-4H3,(H,19,21). The molecule has 0 aliphatic carbocycles. The molecule has 24 heavy (non-hydrogen) atoms. The lowest BCUT2D eigenvalue weighted by Crippen LogP contribution is -2.27. The molecule has 1 unspecified atom stereocenters. The van der Waals surface area contributed by atoms with E-state index < -0.39 is 6.04 Å². The van der Waals surface area contributed by atoms with Crippen LogP contribution in [0.2, 0.25) is 0 Å². The van der Waals surface area contributed by atoms with Crippen LogP contribution in [-0.2, 0) is 11.3 Å². The van der Waals surface area contributed by atoms with E-state index in [0.717, 1.165) is 16.8 Å². The molecule has 0 aliphatic rings. The lowest BCUT2D eigenvalue weighted by Gasteiger charge is -2.15. The maximum absolute atomic E-state index is 12.1. The van der Waals surface area contributed by atoms with Crippen molar-refractivity contribution in [3.05, 3.63) is 40.8 Å². The molecule has 2 rings (SSSR count). The average molecular weight is 333 g/mol. The summed E-state index contributed by atoms with van der Waals surface area (Å²) in [4.78, 5) is 12.1. The van der Waals surface area contributed by atoms with Gasteiger partial charge in [0.15, 0.2) is 11.5 Å². The van der Waals surface area contributed by atoms with E-state index in [0.29, 0.717) is 23.8 Å². The van der Waals surface area contributed by atoms with Gasteiger partial charge < -0.3 is 25.0 Å². The van der Waals surface area contributed by atoms with Crippen molar-refractivity contribution < 1.29 is 18.8 Å². The van der Waals surface area contributed by atoms with Crippen LogP contribution in [-0.4, -0.2) is 25.3 Å². The highest BCUT2D eigenvalue weighted by atomic mass is 16.5. The Labute approximate surface area is 141 Å². The van der Waals surface area contributed by atoms with Crippen molar-refractivity contribution in [3.8, 4) is 11.5 Å². The smallest absolute Gasteiger partial charge is 0.222 e. The van der Waals surface area contributed by atoms with Crippen molar-refractivity contribution in [3.63, 3.8) is 0 Å². The first kappa shape index (κ1) is 17.8. The number of methoxy groups -OCH3 is 2. The molecule has 0 saturated heterocycles. The van der Waals surface area contributed by atoms with Crippen LogP contribution >= 0.6 is 0 Å². The molecule has 7 nitrogen and oxygen atoms in total. The van der Waals surface area contributed by atoms with Gasteiger partial charge in [-0.15, -0.1) is 0 Å². The minimum atomic E-state index is -0.436. The van der Waals surface area contributed by atoms with E-state index >= 15 is 0 Å². The molecule has 7 heteroatoms. The summed E-state index contributed by atoms with van der Waals surface area (Å²) < 4.78 is 15.5. The van der Waals surface area contributed by atoms with Crippen molar-refractivity contribution >= 4 is 5.91 Å². The van der Waals surface area contributed by atoms with Gasteiger partial charge in [0, 0.05) is 24.6 Å². The zero-order valence-electron chi connectivity index (χ0n) is 14.4. The number of benzene rings is 1. The Morgan fingerprint density at radius 2 is 2.00 bits per heavy atom. The van der Waals surface area contributed by atoms with Crippen LogP contribution in [0.3, 0.4) is 0 Å². The van der Waals surface area contributed by atoms with E-state index in [4.69, 9.17) is 19.7 Å². The summed E-state index contributed by atoms with van der Waals surface area (Å²) >= 11 is 0. The molecule has 1 aromatic carbocycles. The molecule has 0 radical (unpaired) electrons. The minimum Gasteiger partial charge on any atom is -0.493 e. The summed E-state index contributed by atoms with van der Waals surface area (Å²) in [7, 11) is 3.13. The maximum atomic E-state index is 12.1. The van der Waals surface area contributed by atoms with Gasteiger partial charge in [0.05, 0.1) is 19.9 Å². The van der Waals surface area contributed by atoms with Gasteiger partial charge in [-0.05, 0) is 31.5 Å². The van der Waals surface area contributed by atoms with Crippen molar-refractivity contribution in [1.29, 1.82) is 0 Å². The number of ether oxygens (including phenoxy) is 2. The molecule has 1 heterocycles. The maximum Gasteiger partial charge on any atom is 0.222 e. The zero-order chi connectivity index (χ0) is 17.7. The molecular formula is C17H23N3O4. The van der Waals surface area contributed by atoms with Crippen LogP contribution in [0.1, 0.15) is 35.0 Å². The Bertz CT molecular complexity index is 692. The largest absolute Gasteiger partial charge is 0.493 e. The number of hydrogen-bond donors (Lipinski definition) is 2. The Morgan fingerprint density at radius 3 is 2.58 bits per heavy atom. The molecule has 2 aromatic rings. The quantitative estimate of drug-likeness (QED) is 0.804. The number of nitrogens with zero attached hydrogens (tertiary/aromatic N) is 1. The number of aryl methyl sites for hydroxylation is 2. The first-order valence-corrected chi connectivity index (χ1v) is 7.62. The molecule has 3 N–H and O–H groups in total. The van der Waals surface area contributed by atoms with Crippen LogP contribution in [0, 0.1) is 13.8 Å². The summed E-state index contributed by atoms with van der Waals surface area (Å²) in [6.45, 7) is 4.03. The van der Waals surface area contributed by atoms with E-state index in [2.05, 4.69) is 10.5 Å². The van der Waals surface area contributed by atoms with Crippen molar-refractivity contribution in [2.75, 3.05) is 14.2 Å². The third-order valence-corrected chi connectivity index (χ3v) is 3.88. The van der Waals surface area contributed by atoms with Crippen LogP contribution in [0.15, 0.2) is 22.7 Å². The fraction of sp³-hybridized carbons (Fsp3) is 0.412. The van der Waals surface area contributed by atoms with Gasteiger partial charge in [-0.2, -0.15) is 0 Å². The number of amides is 1. The molecule has 1 atom stereocenters. The first-order chi connectivity index (χ1) is 11.5. The highest BCUT2D eigenvalue weighted by molar-refractivity contribution is 5.76. The third-order valence-electron chi connectivity index (χ3n) is 3.88. The SMILES string of the molecule is COc1ccc(C(N)CC(=O)NCc2c(C)noc2C)cc1OC. The van der Waals surface area contributed by atoms with Gasteiger partial charge in [0.2, 0.25) is 5.91 Å². The van der Waals surface area contributed by atoms with Gasteiger partial charge in [-0.1, -0.05) is 11.2 Å². The molecule has 1 amide bonds. The van der Waals surface area contributed by atoms with Gasteiger partial charge >= 0.3 is 0 Å². The predicted octanol–water partition coefficient (Wildman–Crippen LogP) is 2.01. The lowest BCUT2D eigenvalue weighted by molar-refractivity contribution is -0.121. The fourth-order valence-electron chi connectivity index (χ4n) is 2.41. The zero-order valence-corrected chi connectivity index (χ0v) is 14.4. The summed E-state index contributed by atoms with van der Waals surface area (Å²) in [5, 5.41) is 6.70. The van der Waals surface area contributed by atoms with E-state index in [1.54, 1.807) is 26.4 Å². The van der Waals surface area contributed by atoms with Crippen LogP contribution in [0.5, 0.6) is 11.5 Å². The van der Waals surface area contributed by atoms with E-state index in [1.807, 2.05) is 19.9 Å². The first-order valence-electron chi connectivity index (χ1n) is 7.62. The number of nitrogens with two attached hydrogens (primary N) is 1. The molecule has 0 spiro atoms. The molecule has 0 fully saturated rings. The number of nitrogens with one attached hydrogen (secondary N) is 1. The van der Waals surface area contributed by atoms with Gasteiger partial charge in [-0.3, -0.25) is 4.79 Å². The second-order valence-electron chi connectivity index (χ2n) is 5.50. The molecule has 0 aliphatic heterocycles. The average Bonchev–Trinajstić information content (AvgIpc) is 2.90. The molecular weight excluding hydrogens is 310 g/mol. The summed E-state index contributed by atoms with van der Waals surface area (Å²) in [5.74, 6) is 1.77. The topological polar surface area (TPSA) is 99.6 Å². The van der Waals surface area contributed by atoms with Crippen molar-refractivity contribution in [2.45, 2.75) is 32.9 Å². The van der Waals surface area contributed by atoms with E-state index in [9.17, 15) is 4.79 Å². The number of aromatic nitrogens is 1. The fourth-order valence-corrected chi connectivity index (χ4v) is 2.41. The monoisotopic (exact) mass is 333 g/mol. The predicted molar refractivity (Wildman–Crippen MR) is 88.9 cm³/mol. The minimum absolute atomic E-state index is 0.141. The van der Waals surface area contributed by atoms with Gasteiger partial charge in [0.1, 0.15) is 5.76 Å². The second kappa shape index (κ2) is 7.83. The van der Waals surface area contributed by atoms with Gasteiger partial charge in [-0.25, -0.2) is 0 Å². The van der Waals surface area contributed by atoms with Gasteiger partial charge in [0.25, 0.3) is 0 Å². The second-order valence-corrected chi connectivity index (χ2v) is 5.50. The normalized spacial score (nSPS) is 11.9. The summed E-state index contributed by atoms with van der Waals surface area (Å²) in [6.07, 6.45) is 0.166. The van der Waals surface area contributed by atoms with Crippen LogP contribution in [0.25, 0.3) is 0 Å². The number of hydrogen-bond acceptors (Lipinski definition) is 6. The van der Waals surface area contributed by atoms with Crippen molar-refractivity contribution in [2.24, 2.45) is 5.73 Å². The Balaban J connectivity index is 1.96. The Hall–Kier alpha value is -2.54. The summed E-state index contributed by atoms with van der Waals surface area (Å²) in [6, 6.07) is 4.95. The van der Waals surface area contributed by atoms with Crippen LogP contribution < -0.4 is 20.5 Å². The highest BCUT2D eigenvalue weighted by Gasteiger charge is 2.16. The van der Waals surface area contributed by atoms with Crippen molar-refractivity contribution in [1.82, 2.24) is 10.5 Å². The number of carbonyl (C=O) groups excluding carboxylic acids is 1. The third kappa shape index (κ3) is 4.05. The van der Waals surface area contributed by atoms with E-state index in [-0.39, 0.29) is 12.3 Å². The van der Waals surface area contributed by atoms with E-state index in [1.165, 1.54) is 0 Å². The molecule has 1 aromatic heterocycles. The lowest BCUT2D eigenvalue weighted by atomic mass is 10.0. The van der Waals surface area contributed by atoms with Crippen LogP contribution in [0.4, 0.5) is 0 Å². The molecule has 0 bridgehead atoms. The Morgan fingerprint density at radius 1 is 1.29 bits per heavy atom. The molecule has 0 saturated carbocycles. The summed E-state index contributed by atoms with van der Waals surface area (Å²) in [5.41, 5.74) is 8.60. The Kier molecular flexibility index (Phi) is 5.81. The number of carbonyl (C=O) groups is 1. The molecule has 130 valence electrons. The number of rotatable bonds is 7.